The second kappa shape index (κ2) is 6.34. The lowest BCUT2D eigenvalue weighted by Crippen LogP contribution is -2.49. The van der Waals surface area contributed by atoms with E-state index in [1.54, 1.807) is 0 Å². The molecule has 2 saturated heterocycles. The number of aliphatic carboxylic acids is 1. The highest BCUT2D eigenvalue weighted by molar-refractivity contribution is 5.80. The predicted molar refractivity (Wildman–Crippen MR) is 78.8 cm³/mol. The molecule has 3 aliphatic rings. The quantitative estimate of drug-likeness (QED) is 0.830. The first-order valence-electron chi connectivity index (χ1n) is 8.40. The Morgan fingerprint density at radius 2 is 1.76 bits per heavy atom. The van der Waals surface area contributed by atoms with Gasteiger partial charge in [-0.25, -0.2) is 0 Å². The van der Waals surface area contributed by atoms with Gasteiger partial charge in [-0.15, -0.1) is 0 Å². The minimum Gasteiger partial charge on any atom is -0.481 e. The molecule has 4 atom stereocenters. The normalized spacial score (nSPS) is 37.0. The Morgan fingerprint density at radius 1 is 0.952 bits per heavy atom. The van der Waals surface area contributed by atoms with Crippen LogP contribution in [0.4, 0.5) is 0 Å². The zero-order valence-corrected chi connectivity index (χ0v) is 12.6. The molecule has 0 aromatic rings. The minimum absolute atomic E-state index is 0.0948. The van der Waals surface area contributed by atoms with Gasteiger partial charge in [0.25, 0.3) is 0 Å². The largest absolute Gasteiger partial charge is 0.481 e. The number of piperidine rings is 1. The third-order valence-corrected chi connectivity index (χ3v) is 5.56. The van der Waals surface area contributed by atoms with E-state index in [0.29, 0.717) is 18.5 Å². The Labute approximate surface area is 126 Å². The van der Waals surface area contributed by atoms with Crippen LogP contribution < -0.4 is 5.32 Å². The molecule has 0 aromatic carbocycles. The predicted octanol–water partition coefficient (Wildman–Crippen LogP) is 1.62. The number of fused-ring (bicyclic) bond motifs is 1. The molecule has 118 valence electrons. The van der Waals surface area contributed by atoms with Crippen molar-refractivity contribution in [2.24, 2.45) is 11.8 Å². The SMILES string of the molecule is O=C(O)C1CCCC(C(=O)NC2CCN3CCCC3C2)C1. The van der Waals surface area contributed by atoms with Crippen LogP contribution in [0.25, 0.3) is 0 Å². The molecule has 2 heterocycles. The van der Waals surface area contributed by atoms with Crippen LogP contribution in [-0.2, 0) is 9.59 Å². The van der Waals surface area contributed by atoms with Gasteiger partial charge in [0.05, 0.1) is 5.92 Å². The summed E-state index contributed by atoms with van der Waals surface area (Å²) in [6.45, 7) is 2.31. The maximum absolute atomic E-state index is 12.4. The van der Waals surface area contributed by atoms with Crippen molar-refractivity contribution in [3.8, 4) is 0 Å². The van der Waals surface area contributed by atoms with E-state index < -0.39 is 5.97 Å². The first-order chi connectivity index (χ1) is 10.1. The second-order valence-corrected chi connectivity index (χ2v) is 6.96. The fourth-order valence-electron chi connectivity index (χ4n) is 4.33. The van der Waals surface area contributed by atoms with Crippen molar-refractivity contribution in [1.29, 1.82) is 0 Å². The van der Waals surface area contributed by atoms with Gasteiger partial charge in [0.1, 0.15) is 0 Å². The molecule has 2 N–H and O–H groups in total. The topological polar surface area (TPSA) is 69.6 Å². The van der Waals surface area contributed by atoms with Crippen LogP contribution in [0.3, 0.4) is 0 Å². The number of rotatable bonds is 3. The summed E-state index contributed by atoms with van der Waals surface area (Å²) in [7, 11) is 0. The Kier molecular flexibility index (Phi) is 4.48. The van der Waals surface area contributed by atoms with E-state index in [1.807, 2.05) is 0 Å². The Bertz CT molecular complexity index is 412. The highest BCUT2D eigenvalue weighted by Crippen LogP contribution is 2.31. The lowest BCUT2D eigenvalue weighted by Gasteiger charge is -2.36. The summed E-state index contributed by atoms with van der Waals surface area (Å²) in [5.74, 6) is -1.07. The highest BCUT2D eigenvalue weighted by Gasteiger charge is 2.35. The number of nitrogens with one attached hydrogen (secondary N) is 1. The number of hydrogen-bond donors (Lipinski definition) is 2. The second-order valence-electron chi connectivity index (χ2n) is 6.96. The number of carbonyl (C=O) groups is 2. The van der Waals surface area contributed by atoms with Gasteiger partial charge in [-0.05, 0) is 51.5 Å². The van der Waals surface area contributed by atoms with Crippen molar-refractivity contribution in [2.75, 3.05) is 13.1 Å². The highest BCUT2D eigenvalue weighted by atomic mass is 16.4. The third kappa shape index (κ3) is 3.39. The lowest BCUT2D eigenvalue weighted by molar-refractivity contribution is -0.144. The van der Waals surface area contributed by atoms with Gasteiger partial charge in [-0.2, -0.15) is 0 Å². The fraction of sp³-hybridized carbons (Fsp3) is 0.875. The van der Waals surface area contributed by atoms with Crippen LogP contribution in [-0.4, -0.2) is 47.1 Å². The first kappa shape index (κ1) is 14.8. The van der Waals surface area contributed by atoms with E-state index in [9.17, 15) is 9.59 Å². The number of carbonyl (C=O) groups excluding carboxylic acids is 1. The van der Waals surface area contributed by atoms with Gasteiger partial charge in [0.15, 0.2) is 0 Å². The van der Waals surface area contributed by atoms with Crippen molar-refractivity contribution in [3.05, 3.63) is 0 Å². The van der Waals surface area contributed by atoms with Crippen molar-refractivity contribution in [1.82, 2.24) is 10.2 Å². The Hall–Kier alpha value is -1.10. The summed E-state index contributed by atoms with van der Waals surface area (Å²) in [6.07, 6.45) is 7.60. The van der Waals surface area contributed by atoms with Gasteiger partial charge in [0.2, 0.25) is 5.91 Å². The third-order valence-electron chi connectivity index (χ3n) is 5.56. The maximum Gasteiger partial charge on any atom is 0.306 e. The summed E-state index contributed by atoms with van der Waals surface area (Å²) >= 11 is 0. The van der Waals surface area contributed by atoms with E-state index in [0.717, 1.165) is 38.6 Å². The van der Waals surface area contributed by atoms with Crippen LogP contribution in [0.5, 0.6) is 0 Å². The van der Waals surface area contributed by atoms with Crippen LogP contribution in [0.2, 0.25) is 0 Å². The van der Waals surface area contributed by atoms with E-state index in [2.05, 4.69) is 10.2 Å². The van der Waals surface area contributed by atoms with E-state index in [-0.39, 0.29) is 17.7 Å². The summed E-state index contributed by atoms with van der Waals surface area (Å²) in [5, 5.41) is 12.3. The first-order valence-corrected chi connectivity index (χ1v) is 8.40. The average Bonchev–Trinajstić information content (AvgIpc) is 2.95. The standard InChI is InChI=1S/C16H26N2O3/c19-15(11-3-1-4-12(9-11)16(20)21)17-13-6-8-18-7-2-5-14(18)10-13/h11-14H,1-10H2,(H,17,19)(H,20,21). The zero-order chi connectivity index (χ0) is 14.8. The van der Waals surface area contributed by atoms with Crippen LogP contribution in [0.1, 0.15) is 51.4 Å². The number of carboxylic acids is 1. The molecule has 5 heteroatoms. The number of nitrogens with zero attached hydrogens (tertiary/aromatic N) is 1. The zero-order valence-electron chi connectivity index (χ0n) is 12.6. The maximum atomic E-state index is 12.4. The molecule has 1 amide bonds. The van der Waals surface area contributed by atoms with Crippen molar-refractivity contribution >= 4 is 11.9 Å². The van der Waals surface area contributed by atoms with Crippen LogP contribution in [0, 0.1) is 11.8 Å². The number of hydrogen-bond acceptors (Lipinski definition) is 3. The molecular formula is C16H26N2O3. The van der Waals surface area contributed by atoms with E-state index in [4.69, 9.17) is 5.11 Å². The molecule has 3 fully saturated rings. The molecule has 0 bridgehead atoms. The summed E-state index contributed by atoms with van der Waals surface area (Å²) in [6, 6.07) is 0.948. The van der Waals surface area contributed by atoms with Crippen molar-refractivity contribution in [3.63, 3.8) is 0 Å². The fourth-order valence-corrected chi connectivity index (χ4v) is 4.33. The van der Waals surface area contributed by atoms with Gasteiger partial charge < -0.3 is 15.3 Å². The molecule has 1 saturated carbocycles. The van der Waals surface area contributed by atoms with Gasteiger partial charge in [0, 0.05) is 24.5 Å². The Morgan fingerprint density at radius 3 is 2.57 bits per heavy atom. The number of carboxylic acid groups (broad SMARTS) is 1. The summed E-state index contributed by atoms with van der Waals surface area (Å²) in [5.41, 5.74) is 0. The molecule has 0 radical (unpaired) electrons. The molecule has 3 rings (SSSR count). The van der Waals surface area contributed by atoms with Crippen molar-refractivity contribution < 1.29 is 14.7 Å². The van der Waals surface area contributed by atoms with E-state index >= 15 is 0 Å². The molecule has 21 heavy (non-hydrogen) atoms. The van der Waals surface area contributed by atoms with Gasteiger partial charge in [-0.3, -0.25) is 9.59 Å². The molecule has 4 unspecified atom stereocenters. The molecular weight excluding hydrogens is 268 g/mol. The van der Waals surface area contributed by atoms with Gasteiger partial charge >= 0.3 is 5.97 Å². The van der Waals surface area contributed by atoms with Gasteiger partial charge in [-0.1, -0.05) is 6.42 Å². The molecule has 0 spiro atoms. The summed E-state index contributed by atoms with van der Waals surface area (Å²) in [4.78, 5) is 26.1. The van der Waals surface area contributed by atoms with E-state index in [1.165, 1.54) is 19.4 Å². The van der Waals surface area contributed by atoms with Crippen LogP contribution >= 0.6 is 0 Å². The Balaban J connectivity index is 1.50. The average molecular weight is 294 g/mol. The number of amides is 1. The minimum atomic E-state index is -0.744. The molecule has 2 aliphatic heterocycles. The smallest absolute Gasteiger partial charge is 0.306 e. The van der Waals surface area contributed by atoms with Crippen molar-refractivity contribution in [2.45, 2.75) is 63.5 Å². The monoisotopic (exact) mass is 294 g/mol. The van der Waals surface area contributed by atoms with Crippen LogP contribution in [0.15, 0.2) is 0 Å². The molecule has 1 aliphatic carbocycles. The molecule has 0 aromatic heterocycles. The lowest BCUT2D eigenvalue weighted by atomic mass is 9.80. The molecule has 5 nitrogen and oxygen atoms in total. The summed E-state index contributed by atoms with van der Waals surface area (Å²) < 4.78 is 0.